The van der Waals surface area contributed by atoms with Gasteiger partial charge in [0.05, 0.1) is 24.9 Å². The number of nitrogens with two attached hydrogens (primary N) is 1. The highest BCUT2D eigenvalue weighted by Crippen LogP contribution is 2.29. The highest BCUT2D eigenvalue weighted by Gasteiger charge is 2.29. The van der Waals surface area contributed by atoms with Crippen molar-refractivity contribution in [3.63, 3.8) is 0 Å². The van der Waals surface area contributed by atoms with E-state index in [1.54, 1.807) is 16.8 Å². The number of imidazole rings is 1. The predicted molar refractivity (Wildman–Crippen MR) is 183 cm³/mol. The van der Waals surface area contributed by atoms with Gasteiger partial charge in [0, 0.05) is 12.6 Å². The molecule has 0 unspecified atom stereocenters. The van der Waals surface area contributed by atoms with E-state index in [1.807, 2.05) is 30.5 Å². The maximum Gasteiger partial charge on any atom is 0.416 e. The highest BCUT2D eigenvalue weighted by molar-refractivity contribution is 5.81. The van der Waals surface area contributed by atoms with E-state index in [4.69, 9.17) is 19.6 Å². The lowest BCUT2D eigenvalue weighted by Gasteiger charge is -2.06. The summed E-state index contributed by atoms with van der Waals surface area (Å²) in [7, 11) is 0. The number of aromatic amines is 1. The van der Waals surface area contributed by atoms with Gasteiger partial charge in [0.1, 0.15) is 35.5 Å². The third-order valence-corrected chi connectivity index (χ3v) is 7.90. The number of hydrogen-bond acceptors (Lipinski definition) is 10. The molecule has 0 spiro atoms. The fourth-order valence-electron chi connectivity index (χ4n) is 5.16. The molecule has 0 aliphatic rings. The largest absolute Gasteiger partial charge is 0.487 e. The van der Waals surface area contributed by atoms with Crippen LogP contribution in [0.15, 0.2) is 70.2 Å². The summed E-state index contributed by atoms with van der Waals surface area (Å²) in [4.78, 5) is 28.3. The van der Waals surface area contributed by atoms with Crippen LogP contribution in [0.3, 0.4) is 0 Å². The molecular weight excluding hydrogens is 667 g/mol. The second-order valence-electron chi connectivity index (χ2n) is 11.8. The first kappa shape index (κ1) is 34.9. The van der Waals surface area contributed by atoms with Gasteiger partial charge in [-0.05, 0) is 67.2 Å². The molecule has 0 amide bonds. The van der Waals surface area contributed by atoms with Gasteiger partial charge in [0.25, 0.3) is 0 Å². The fourth-order valence-corrected chi connectivity index (χ4v) is 5.16. The number of unbranched alkanes of at least 4 members (excludes halogenated alkanes) is 2. The maximum absolute atomic E-state index is 12.8. The molecule has 0 bridgehead atoms. The summed E-state index contributed by atoms with van der Waals surface area (Å²) in [5.41, 5.74) is 8.62. The Morgan fingerprint density at radius 1 is 0.961 bits per heavy atom. The number of benzene rings is 2. The van der Waals surface area contributed by atoms with Crippen molar-refractivity contribution in [2.24, 2.45) is 0 Å². The zero-order valence-corrected chi connectivity index (χ0v) is 27.8. The van der Waals surface area contributed by atoms with Crippen molar-refractivity contribution in [1.29, 1.82) is 0 Å². The molecular formula is C35H36F3N9O4. The monoisotopic (exact) mass is 703 g/mol. The Morgan fingerprint density at radius 2 is 1.76 bits per heavy atom. The van der Waals surface area contributed by atoms with Gasteiger partial charge in [-0.25, -0.2) is 9.78 Å². The van der Waals surface area contributed by atoms with Crippen LogP contribution in [0.25, 0.3) is 23.3 Å². The van der Waals surface area contributed by atoms with Crippen LogP contribution in [0.2, 0.25) is 0 Å². The number of aryl methyl sites for hydroxylation is 2. The number of rotatable bonds is 16. The van der Waals surface area contributed by atoms with Gasteiger partial charge in [-0.3, -0.25) is 9.25 Å². The Kier molecular flexibility index (Phi) is 10.8. The molecule has 0 fully saturated rings. The summed E-state index contributed by atoms with van der Waals surface area (Å²) in [5.74, 6) is 1.14. The molecule has 0 saturated carbocycles. The normalized spacial score (nSPS) is 11.9. The fraction of sp³-hybridized carbons (Fsp3) is 0.314. The summed E-state index contributed by atoms with van der Waals surface area (Å²) in [6.45, 7) is 3.54. The lowest BCUT2D eigenvalue weighted by atomic mass is 10.1. The Hall–Kier alpha value is -5.93. The molecule has 0 aliphatic carbocycles. The summed E-state index contributed by atoms with van der Waals surface area (Å²) >= 11 is 0. The third kappa shape index (κ3) is 9.20. The number of nitrogens with zero attached hydrogens (tertiary/aromatic N) is 7. The van der Waals surface area contributed by atoms with Gasteiger partial charge in [0.2, 0.25) is 5.89 Å². The van der Waals surface area contributed by atoms with E-state index in [1.165, 1.54) is 23.0 Å². The van der Waals surface area contributed by atoms with E-state index < -0.39 is 11.7 Å². The van der Waals surface area contributed by atoms with Gasteiger partial charge >= 0.3 is 17.9 Å². The number of H-pyrrole nitrogens is 1. The van der Waals surface area contributed by atoms with Gasteiger partial charge in [-0.15, -0.1) is 5.10 Å². The predicted octanol–water partition coefficient (Wildman–Crippen LogP) is 6.30. The van der Waals surface area contributed by atoms with E-state index >= 15 is 0 Å². The van der Waals surface area contributed by atoms with E-state index in [9.17, 15) is 18.0 Å². The molecule has 13 nitrogen and oxygen atoms in total. The van der Waals surface area contributed by atoms with Crippen molar-refractivity contribution in [3.05, 3.63) is 105 Å². The number of oxazole rings is 1. The highest BCUT2D eigenvalue weighted by atomic mass is 19.4. The van der Waals surface area contributed by atoms with E-state index in [0.29, 0.717) is 52.9 Å². The average molecular weight is 704 g/mol. The van der Waals surface area contributed by atoms with Crippen LogP contribution in [0, 0.1) is 0 Å². The third-order valence-electron chi connectivity index (χ3n) is 7.90. The van der Waals surface area contributed by atoms with Gasteiger partial charge in [-0.2, -0.15) is 23.1 Å². The van der Waals surface area contributed by atoms with E-state index in [0.717, 1.165) is 49.8 Å². The van der Waals surface area contributed by atoms with E-state index in [-0.39, 0.29) is 30.7 Å². The van der Waals surface area contributed by atoms with E-state index in [2.05, 4.69) is 37.2 Å². The van der Waals surface area contributed by atoms with Crippen LogP contribution >= 0.6 is 0 Å². The molecule has 2 aromatic carbocycles. The van der Waals surface area contributed by atoms with Crippen molar-refractivity contribution >= 4 is 29.1 Å². The lowest BCUT2D eigenvalue weighted by molar-refractivity contribution is -0.137. The molecule has 4 aromatic heterocycles. The molecule has 0 atom stereocenters. The Balaban J connectivity index is 0.933. The minimum absolute atomic E-state index is 0.127. The van der Waals surface area contributed by atoms with Crippen molar-refractivity contribution in [2.75, 3.05) is 12.3 Å². The SMILES string of the molecule is CCCCOc1nc(N)c2[nH]c(=O)n(Cc3cn(CCCCc4ccc(OCc5coc(/C=C/c6ccc(C(F)(F)F)cc6)n5)cc4)nn3)c2n1. The molecule has 6 aromatic rings. The standard InChI is InChI=1S/C35H36F3N9O4/c1-2-3-18-49-33-42-31(39)30-32(43-33)47(34(48)41-30)20-26-19-46(45-44-26)17-5-4-6-23-9-14-28(15-10-23)50-21-27-22-51-29(40-27)16-11-24-7-12-25(13-8-24)35(36,37)38/h7-16,19,22H,2-6,17-18,20-21H2,1H3,(H,41,48)(H2,39,42,43)/b16-11+. The molecule has 6 rings (SSSR count). The molecule has 16 heteroatoms. The smallest absolute Gasteiger partial charge is 0.416 e. The molecule has 3 N–H and O–H groups in total. The molecule has 266 valence electrons. The summed E-state index contributed by atoms with van der Waals surface area (Å²) in [6, 6.07) is 12.8. The first-order valence-corrected chi connectivity index (χ1v) is 16.4. The Labute approximate surface area is 290 Å². The topological polar surface area (TPSA) is 165 Å². The number of alkyl halides is 3. The van der Waals surface area contributed by atoms with Crippen LogP contribution in [-0.2, 0) is 32.3 Å². The number of halogens is 3. The minimum atomic E-state index is -4.37. The minimum Gasteiger partial charge on any atom is -0.487 e. The van der Waals surface area contributed by atoms with Crippen molar-refractivity contribution < 1.29 is 27.1 Å². The number of fused-ring (bicyclic) bond motifs is 1. The van der Waals surface area contributed by atoms with Crippen LogP contribution in [-0.4, -0.2) is 46.1 Å². The molecule has 4 heterocycles. The molecule has 0 radical (unpaired) electrons. The maximum atomic E-state index is 12.8. The lowest BCUT2D eigenvalue weighted by Crippen LogP contribution is -2.18. The number of nitrogen functional groups attached to an aromatic ring is 1. The van der Waals surface area contributed by atoms with Gasteiger partial charge < -0.3 is 24.6 Å². The van der Waals surface area contributed by atoms with Crippen molar-refractivity contribution in [3.8, 4) is 11.8 Å². The second-order valence-corrected chi connectivity index (χ2v) is 11.8. The number of hydrogen-bond donors (Lipinski definition) is 2. The van der Waals surface area contributed by atoms with Crippen LogP contribution in [0.5, 0.6) is 11.8 Å². The average Bonchev–Trinajstić information content (AvgIpc) is 3.85. The number of aromatic nitrogens is 8. The van der Waals surface area contributed by atoms with Crippen molar-refractivity contribution in [2.45, 2.75) is 64.9 Å². The zero-order chi connectivity index (χ0) is 35.8. The molecule has 0 saturated heterocycles. The number of anilines is 1. The molecule has 51 heavy (non-hydrogen) atoms. The summed E-state index contributed by atoms with van der Waals surface area (Å²) in [5, 5.41) is 8.46. The first-order chi connectivity index (χ1) is 24.6. The second kappa shape index (κ2) is 15.7. The Morgan fingerprint density at radius 3 is 2.53 bits per heavy atom. The van der Waals surface area contributed by atoms with Gasteiger partial charge in [0.15, 0.2) is 11.5 Å². The van der Waals surface area contributed by atoms with Crippen LogP contribution in [0.1, 0.15) is 66.6 Å². The number of ether oxygens (including phenoxy) is 2. The number of nitrogens with one attached hydrogen (secondary N) is 1. The van der Waals surface area contributed by atoms with Crippen LogP contribution in [0.4, 0.5) is 19.0 Å². The summed E-state index contributed by atoms with van der Waals surface area (Å²) in [6.07, 6.45) is 6.61. The summed E-state index contributed by atoms with van der Waals surface area (Å²) < 4.78 is 58.3. The van der Waals surface area contributed by atoms with Crippen molar-refractivity contribution in [1.82, 2.24) is 39.5 Å². The Bertz CT molecular complexity index is 2130. The molecule has 0 aliphatic heterocycles. The first-order valence-electron chi connectivity index (χ1n) is 16.4. The zero-order valence-electron chi connectivity index (χ0n) is 27.8. The van der Waals surface area contributed by atoms with Gasteiger partial charge in [-0.1, -0.05) is 42.8 Å². The quantitative estimate of drug-likeness (QED) is 0.109. The van der Waals surface area contributed by atoms with Crippen LogP contribution < -0.4 is 20.9 Å².